The SMILES string of the molecule is CC1(C)O[C@@H]2C[C@H]3[C@@H]4C[C@H](F)C5=CC(=O)C=C[C@]5(C)C4=CC[C@]3(C)[C@]2(C(=O)C(F)F)O1. The maximum Gasteiger partial charge on any atom is 0.299 e. The van der Waals surface area contributed by atoms with Crippen molar-refractivity contribution in [3.8, 4) is 0 Å². The van der Waals surface area contributed by atoms with E-state index in [-0.39, 0.29) is 24.0 Å². The summed E-state index contributed by atoms with van der Waals surface area (Å²) in [5.41, 5.74) is -1.98. The van der Waals surface area contributed by atoms with Gasteiger partial charge < -0.3 is 9.47 Å². The predicted octanol–water partition coefficient (Wildman–Crippen LogP) is 4.50. The second kappa shape index (κ2) is 6.19. The topological polar surface area (TPSA) is 52.6 Å². The number of ether oxygens (including phenoxy) is 2. The molecule has 0 aromatic carbocycles. The molecule has 1 aliphatic heterocycles. The predicted molar refractivity (Wildman–Crippen MR) is 106 cm³/mol. The van der Waals surface area contributed by atoms with Crippen molar-refractivity contribution in [1.29, 1.82) is 0 Å². The van der Waals surface area contributed by atoms with Gasteiger partial charge in [0.2, 0.25) is 5.78 Å². The van der Waals surface area contributed by atoms with Gasteiger partial charge in [-0.15, -0.1) is 0 Å². The highest BCUT2D eigenvalue weighted by Gasteiger charge is 2.76. The summed E-state index contributed by atoms with van der Waals surface area (Å²) in [6, 6.07) is 0. The molecular formula is C24H27F3O4. The van der Waals surface area contributed by atoms with Gasteiger partial charge in [0.1, 0.15) is 6.17 Å². The first-order valence-electron chi connectivity index (χ1n) is 10.9. The van der Waals surface area contributed by atoms with E-state index in [4.69, 9.17) is 9.47 Å². The number of carbonyl (C=O) groups excluding carboxylic acids is 2. The van der Waals surface area contributed by atoms with Crippen LogP contribution in [0.2, 0.25) is 0 Å². The van der Waals surface area contributed by atoms with E-state index >= 15 is 4.39 Å². The number of rotatable bonds is 2. The summed E-state index contributed by atoms with van der Waals surface area (Å²) in [5.74, 6) is -3.13. The molecule has 4 aliphatic carbocycles. The Morgan fingerprint density at radius 1 is 1.16 bits per heavy atom. The average molecular weight is 436 g/mol. The second-order valence-electron chi connectivity index (χ2n) is 10.5. The van der Waals surface area contributed by atoms with Crippen molar-refractivity contribution < 1.29 is 32.2 Å². The largest absolute Gasteiger partial charge is 0.344 e. The lowest BCUT2D eigenvalue weighted by atomic mass is 9.51. The number of alkyl halides is 3. The van der Waals surface area contributed by atoms with Crippen molar-refractivity contribution >= 4 is 11.6 Å². The van der Waals surface area contributed by atoms with Crippen LogP contribution in [-0.2, 0) is 19.1 Å². The fourth-order valence-corrected chi connectivity index (χ4v) is 7.23. The third kappa shape index (κ3) is 2.50. The molecule has 0 radical (unpaired) electrons. The van der Waals surface area contributed by atoms with E-state index in [0.29, 0.717) is 18.4 Å². The van der Waals surface area contributed by atoms with Crippen LogP contribution in [0.15, 0.2) is 35.5 Å². The van der Waals surface area contributed by atoms with E-state index < -0.39 is 46.7 Å². The van der Waals surface area contributed by atoms with Crippen LogP contribution in [0.3, 0.4) is 0 Å². The summed E-state index contributed by atoms with van der Waals surface area (Å²) >= 11 is 0. The highest BCUT2D eigenvalue weighted by molar-refractivity contribution is 6.01. The fourth-order valence-electron chi connectivity index (χ4n) is 7.23. The molecular weight excluding hydrogens is 409 g/mol. The molecule has 0 aromatic rings. The molecule has 7 heteroatoms. The zero-order valence-electron chi connectivity index (χ0n) is 18.1. The van der Waals surface area contributed by atoms with Crippen LogP contribution in [0.5, 0.6) is 0 Å². The Hall–Kier alpha value is -1.73. The minimum absolute atomic E-state index is 0.156. The third-order valence-electron chi connectivity index (χ3n) is 8.49. The lowest BCUT2D eigenvalue weighted by molar-refractivity contribution is -0.209. The molecule has 0 spiro atoms. The number of ketones is 2. The summed E-state index contributed by atoms with van der Waals surface area (Å²) in [5, 5.41) is 0. The van der Waals surface area contributed by atoms with E-state index in [9.17, 15) is 18.4 Å². The highest BCUT2D eigenvalue weighted by atomic mass is 19.3. The summed E-state index contributed by atoms with van der Waals surface area (Å²) in [4.78, 5) is 24.8. The van der Waals surface area contributed by atoms with Gasteiger partial charge in [0, 0.05) is 10.8 Å². The molecule has 0 unspecified atom stereocenters. The molecule has 7 atom stereocenters. The Morgan fingerprint density at radius 3 is 2.55 bits per heavy atom. The molecule has 0 bridgehead atoms. The lowest BCUT2D eigenvalue weighted by Crippen LogP contribution is -2.60. The summed E-state index contributed by atoms with van der Waals surface area (Å²) < 4.78 is 55.0. The highest BCUT2D eigenvalue weighted by Crippen LogP contribution is 2.69. The van der Waals surface area contributed by atoms with Gasteiger partial charge >= 0.3 is 0 Å². The number of carbonyl (C=O) groups is 2. The summed E-state index contributed by atoms with van der Waals surface area (Å²) in [6.45, 7) is 6.99. The van der Waals surface area contributed by atoms with Gasteiger partial charge in [-0.05, 0) is 69.6 Å². The molecule has 31 heavy (non-hydrogen) atoms. The quantitative estimate of drug-likeness (QED) is 0.599. The van der Waals surface area contributed by atoms with E-state index in [1.807, 2.05) is 19.9 Å². The monoisotopic (exact) mass is 436 g/mol. The van der Waals surface area contributed by atoms with Crippen molar-refractivity contribution in [3.05, 3.63) is 35.5 Å². The lowest BCUT2D eigenvalue weighted by Gasteiger charge is -2.54. The number of hydrogen-bond acceptors (Lipinski definition) is 4. The van der Waals surface area contributed by atoms with Crippen molar-refractivity contribution in [3.63, 3.8) is 0 Å². The van der Waals surface area contributed by atoms with Crippen molar-refractivity contribution in [2.24, 2.45) is 22.7 Å². The average Bonchev–Trinajstić information content (AvgIpc) is 3.08. The maximum atomic E-state index is 15.4. The zero-order chi connectivity index (χ0) is 22.6. The van der Waals surface area contributed by atoms with Gasteiger partial charge in [0.15, 0.2) is 17.2 Å². The molecule has 0 N–H and O–H groups in total. The Morgan fingerprint density at radius 2 is 1.87 bits per heavy atom. The van der Waals surface area contributed by atoms with Gasteiger partial charge in [-0.25, -0.2) is 13.2 Å². The minimum Gasteiger partial charge on any atom is -0.344 e. The molecule has 5 aliphatic rings. The van der Waals surface area contributed by atoms with Crippen LogP contribution in [0.4, 0.5) is 13.2 Å². The molecule has 5 rings (SSSR count). The summed E-state index contributed by atoms with van der Waals surface area (Å²) in [6.07, 6.45) is 2.13. The first kappa shape index (κ1) is 21.1. The molecule has 0 amide bonds. The van der Waals surface area contributed by atoms with Crippen LogP contribution in [-0.4, -0.2) is 41.7 Å². The van der Waals surface area contributed by atoms with Crippen molar-refractivity contribution in [2.45, 2.75) is 77.0 Å². The number of allylic oxidation sites excluding steroid dienone is 6. The summed E-state index contributed by atoms with van der Waals surface area (Å²) in [7, 11) is 0. The zero-order valence-corrected chi connectivity index (χ0v) is 18.1. The van der Waals surface area contributed by atoms with Crippen molar-refractivity contribution in [2.75, 3.05) is 0 Å². The van der Waals surface area contributed by atoms with Crippen LogP contribution in [0.1, 0.15) is 47.0 Å². The van der Waals surface area contributed by atoms with Gasteiger partial charge in [-0.2, -0.15) is 0 Å². The molecule has 4 nitrogen and oxygen atoms in total. The molecule has 2 saturated carbocycles. The molecule has 0 aromatic heterocycles. The van der Waals surface area contributed by atoms with Crippen LogP contribution in [0.25, 0.3) is 0 Å². The molecule has 3 fully saturated rings. The number of Topliss-reactive ketones (excluding diaryl/α,β-unsaturated/α-hetero) is 1. The number of hydrogen-bond donors (Lipinski definition) is 0. The van der Waals surface area contributed by atoms with Gasteiger partial charge in [0.05, 0.1) is 6.10 Å². The Labute approximate surface area is 179 Å². The Kier molecular flexibility index (Phi) is 4.22. The first-order chi connectivity index (χ1) is 14.4. The van der Waals surface area contributed by atoms with Crippen LogP contribution >= 0.6 is 0 Å². The number of halogens is 3. The van der Waals surface area contributed by atoms with E-state index in [1.165, 1.54) is 12.2 Å². The minimum atomic E-state index is -3.18. The van der Waals surface area contributed by atoms with Gasteiger partial charge in [-0.3, -0.25) is 9.59 Å². The standard InChI is InChI=1S/C24H27F3O4/c1-21(2)30-18-11-15-13-10-17(25)16-9-12(28)5-7-22(16,3)14(13)6-8-23(15,4)24(18,31-21)19(29)20(26)27/h5-7,9,13,15,17-18,20H,8,10-11H2,1-4H3/t13-,15+,17+,18-,22-,23+,24+/m1/s1. The molecule has 1 heterocycles. The number of fused-ring (bicyclic) bond motifs is 7. The molecule has 1 saturated heterocycles. The fraction of sp³-hybridized carbons (Fsp3) is 0.667. The molecule has 168 valence electrons. The first-order valence-corrected chi connectivity index (χ1v) is 10.9. The van der Waals surface area contributed by atoms with Crippen LogP contribution < -0.4 is 0 Å². The van der Waals surface area contributed by atoms with Gasteiger partial charge in [-0.1, -0.05) is 24.6 Å². The Bertz CT molecular complexity index is 966. The third-order valence-corrected chi connectivity index (χ3v) is 8.49. The normalized spacial score (nSPS) is 47.3. The van der Waals surface area contributed by atoms with Gasteiger partial charge in [0.25, 0.3) is 6.43 Å². The van der Waals surface area contributed by atoms with Crippen LogP contribution in [0, 0.1) is 22.7 Å². The Balaban J connectivity index is 1.64. The maximum absolute atomic E-state index is 15.4. The smallest absolute Gasteiger partial charge is 0.299 e. The van der Waals surface area contributed by atoms with Crippen molar-refractivity contribution in [1.82, 2.24) is 0 Å². The second-order valence-corrected chi connectivity index (χ2v) is 10.5. The van der Waals surface area contributed by atoms with E-state index in [0.717, 1.165) is 5.57 Å². The van der Waals surface area contributed by atoms with E-state index in [1.54, 1.807) is 19.9 Å². The van der Waals surface area contributed by atoms with E-state index in [2.05, 4.69) is 0 Å².